The van der Waals surface area contributed by atoms with Gasteiger partial charge in [0.2, 0.25) is 5.88 Å². The smallest absolute Gasteiger partial charge is 0.213 e. The largest absolute Gasteiger partial charge is 0.478 e. The van der Waals surface area contributed by atoms with Gasteiger partial charge in [-0.15, -0.1) is 0 Å². The maximum Gasteiger partial charge on any atom is 0.213 e. The van der Waals surface area contributed by atoms with Crippen LogP contribution >= 0.6 is 0 Å². The van der Waals surface area contributed by atoms with Crippen LogP contribution in [0, 0.1) is 5.82 Å². The second kappa shape index (κ2) is 6.89. The summed E-state index contributed by atoms with van der Waals surface area (Å²) in [5.74, 6) is 0.405. The highest BCUT2D eigenvalue weighted by atomic mass is 19.1. The van der Waals surface area contributed by atoms with Crippen molar-refractivity contribution in [3.63, 3.8) is 0 Å². The van der Waals surface area contributed by atoms with E-state index in [9.17, 15) is 4.39 Å². The molecule has 0 aliphatic rings. The molecule has 0 saturated heterocycles. The molecular weight excluding hydrogens is 255 g/mol. The van der Waals surface area contributed by atoms with E-state index in [4.69, 9.17) is 4.74 Å². The van der Waals surface area contributed by atoms with Gasteiger partial charge in [-0.2, -0.15) is 0 Å². The molecule has 0 amide bonds. The van der Waals surface area contributed by atoms with Crippen molar-refractivity contribution >= 4 is 5.69 Å². The van der Waals surface area contributed by atoms with Gasteiger partial charge in [0.25, 0.3) is 0 Å². The highest BCUT2D eigenvalue weighted by Gasteiger charge is 2.13. The first-order chi connectivity index (χ1) is 9.74. The number of nitrogens with one attached hydrogen (secondary N) is 1. The third-order valence-corrected chi connectivity index (χ3v) is 3.06. The van der Waals surface area contributed by atoms with Gasteiger partial charge in [-0.25, -0.2) is 9.37 Å². The van der Waals surface area contributed by atoms with Gasteiger partial charge in [0, 0.05) is 11.6 Å². The van der Waals surface area contributed by atoms with Crippen LogP contribution in [0.1, 0.15) is 31.9 Å². The molecule has 1 heterocycles. The molecule has 0 spiro atoms. The topological polar surface area (TPSA) is 34.1 Å². The number of hydrogen-bond donors (Lipinski definition) is 1. The number of aromatic nitrogens is 1. The van der Waals surface area contributed by atoms with Crippen LogP contribution in [-0.4, -0.2) is 11.6 Å². The number of ether oxygens (including phenoxy) is 1. The fourth-order valence-corrected chi connectivity index (χ4v) is 2.06. The summed E-state index contributed by atoms with van der Waals surface area (Å²) >= 11 is 0. The van der Waals surface area contributed by atoms with Crippen molar-refractivity contribution < 1.29 is 9.13 Å². The Balaban J connectivity index is 2.12. The lowest BCUT2D eigenvalue weighted by molar-refractivity contribution is 0.327. The molecule has 0 bridgehead atoms. The van der Waals surface area contributed by atoms with Gasteiger partial charge in [0.05, 0.1) is 24.5 Å². The van der Waals surface area contributed by atoms with Crippen molar-refractivity contribution in [1.29, 1.82) is 0 Å². The molecule has 0 aliphatic carbocycles. The van der Waals surface area contributed by atoms with Crippen molar-refractivity contribution in [2.24, 2.45) is 0 Å². The predicted octanol–water partition coefficient (Wildman–Crippen LogP) is 4.18. The van der Waals surface area contributed by atoms with Crippen molar-refractivity contribution in [2.75, 3.05) is 11.9 Å². The minimum absolute atomic E-state index is 0.0732. The molecule has 1 aromatic carbocycles. The van der Waals surface area contributed by atoms with E-state index in [0.29, 0.717) is 18.1 Å². The molecule has 1 unspecified atom stereocenters. The quantitative estimate of drug-likeness (QED) is 0.858. The third kappa shape index (κ3) is 3.47. The SMILES string of the molecule is CCOc1ccc(NC(CC)c2ccccc2F)cn1. The Morgan fingerprint density at radius 1 is 1.20 bits per heavy atom. The molecule has 3 nitrogen and oxygen atoms in total. The maximum atomic E-state index is 13.8. The Bertz CT molecular complexity index is 542. The third-order valence-electron chi connectivity index (χ3n) is 3.06. The van der Waals surface area contributed by atoms with E-state index in [1.807, 2.05) is 26.0 Å². The lowest BCUT2D eigenvalue weighted by Crippen LogP contribution is -2.11. The number of rotatable bonds is 6. The maximum absolute atomic E-state index is 13.8. The first-order valence-electron chi connectivity index (χ1n) is 6.84. The Morgan fingerprint density at radius 3 is 2.60 bits per heavy atom. The summed E-state index contributed by atoms with van der Waals surface area (Å²) in [5.41, 5.74) is 1.52. The lowest BCUT2D eigenvalue weighted by atomic mass is 10.0. The van der Waals surface area contributed by atoms with Crippen molar-refractivity contribution in [3.05, 3.63) is 54.0 Å². The molecule has 20 heavy (non-hydrogen) atoms. The average Bonchev–Trinajstić information content (AvgIpc) is 2.48. The van der Waals surface area contributed by atoms with Crippen LogP contribution in [0.25, 0.3) is 0 Å². The minimum Gasteiger partial charge on any atom is -0.478 e. The number of halogens is 1. The normalized spacial score (nSPS) is 11.9. The molecule has 1 aromatic heterocycles. The van der Waals surface area contributed by atoms with Gasteiger partial charge in [-0.3, -0.25) is 0 Å². The van der Waals surface area contributed by atoms with E-state index in [2.05, 4.69) is 10.3 Å². The summed E-state index contributed by atoms with van der Waals surface area (Å²) in [7, 11) is 0. The number of benzene rings is 1. The molecule has 1 atom stereocenters. The van der Waals surface area contributed by atoms with Crippen LogP contribution in [0.15, 0.2) is 42.6 Å². The van der Waals surface area contributed by atoms with Crippen molar-refractivity contribution in [1.82, 2.24) is 4.98 Å². The fourth-order valence-electron chi connectivity index (χ4n) is 2.06. The van der Waals surface area contributed by atoms with E-state index in [1.54, 1.807) is 24.4 Å². The van der Waals surface area contributed by atoms with Gasteiger partial charge in [0.15, 0.2) is 0 Å². The molecule has 0 saturated carbocycles. The second-order valence-corrected chi connectivity index (χ2v) is 4.44. The Labute approximate surface area is 118 Å². The average molecular weight is 274 g/mol. The van der Waals surface area contributed by atoms with Gasteiger partial charge in [-0.05, 0) is 25.5 Å². The highest BCUT2D eigenvalue weighted by Crippen LogP contribution is 2.24. The fraction of sp³-hybridized carbons (Fsp3) is 0.312. The van der Waals surface area contributed by atoms with Crippen LogP contribution in [0.5, 0.6) is 5.88 Å². The summed E-state index contributed by atoms with van der Waals surface area (Å²) in [5, 5.41) is 3.30. The predicted molar refractivity (Wildman–Crippen MR) is 78.5 cm³/mol. The van der Waals surface area contributed by atoms with Crippen LogP contribution in [-0.2, 0) is 0 Å². The standard InChI is InChI=1S/C16H19FN2O/c1-3-15(13-7-5-6-8-14(13)17)19-12-9-10-16(18-11-12)20-4-2/h5-11,15,19H,3-4H2,1-2H3. The van der Waals surface area contributed by atoms with E-state index in [0.717, 1.165) is 12.1 Å². The molecule has 2 rings (SSSR count). The summed E-state index contributed by atoms with van der Waals surface area (Å²) in [4.78, 5) is 4.19. The number of nitrogens with zero attached hydrogens (tertiary/aromatic N) is 1. The molecule has 0 aliphatic heterocycles. The Morgan fingerprint density at radius 2 is 2.00 bits per heavy atom. The van der Waals surface area contributed by atoms with Crippen molar-refractivity contribution in [2.45, 2.75) is 26.3 Å². The van der Waals surface area contributed by atoms with E-state index in [-0.39, 0.29) is 11.9 Å². The Kier molecular flexibility index (Phi) is 4.93. The lowest BCUT2D eigenvalue weighted by Gasteiger charge is -2.19. The number of anilines is 1. The summed E-state index contributed by atoms with van der Waals surface area (Å²) in [6.45, 7) is 4.53. The first-order valence-corrected chi connectivity index (χ1v) is 6.84. The second-order valence-electron chi connectivity index (χ2n) is 4.44. The van der Waals surface area contributed by atoms with Gasteiger partial charge in [-0.1, -0.05) is 25.1 Å². The monoisotopic (exact) mass is 274 g/mol. The molecule has 0 fully saturated rings. The molecule has 1 N–H and O–H groups in total. The van der Waals surface area contributed by atoms with Crippen LogP contribution in [0.4, 0.5) is 10.1 Å². The summed E-state index contributed by atoms with van der Waals surface area (Å²) < 4.78 is 19.1. The van der Waals surface area contributed by atoms with Gasteiger partial charge < -0.3 is 10.1 Å². The van der Waals surface area contributed by atoms with E-state index in [1.165, 1.54) is 6.07 Å². The zero-order valence-corrected chi connectivity index (χ0v) is 11.8. The van der Waals surface area contributed by atoms with Crippen LogP contribution in [0.3, 0.4) is 0 Å². The first kappa shape index (κ1) is 14.3. The van der Waals surface area contributed by atoms with Gasteiger partial charge >= 0.3 is 0 Å². The highest BCUT2D eigenvalue weighted by molar-refractivity contribution is 5.44. The summed E-state index contributed by atoms with van der Waals surface area (Å²) in [6.07, 6.45) is 2.49. The number of pyridine rings is 1. The zero-order valence-electron chi connectivity index (χ0n) is 11.8. The molecule has 0 radical (unpaired) electrons. The van der Waals surface area contributed by atoms with Crippen LogP contribution in [0.2, 0.25) is 0 Å². The van der Waals surface area contributed by atoms with E-state index < -0.39 is 0 Å². The molecule has 106 valence electrons. The molecular formula is C16H19FN2O. The van der Waals surface area contributed by atoms with Crippen LogP contribution < -0.4 is 10.1 Å². The van der Waals surface area contributed by atoms with Crippen molar-refractivity contribution in [3.8, 4) is 5.88 Å². The summed E-state index contributed by atoms with van der Waals surface area (Å²) in [6, 6.07) is 10.5. The molecule has 2 aromatic rings. The van der Waals surface area contributed by atoms with Gasteiger partial charge in [0.1, 0.15) is 5.82 Å². The molecule has 4 heteroatoms. The Hall–Kier alpha value is -2.10. The minimum atomic E-state index is -0.189. The zero-order chi connectivity index (χ0) is 14.4. The number of hydrogen-bond acceptors (Lipinski definition) is 3. The van der Waals surface area contributed by atoms with E-state index >= 15 is 0 Å².